The van der Waals surface area contributed by atoms with Crippen LogP contribution in [0.4, 0.5) is 0 Å². The molecule has 0 spiro atoms. The van der Waals surface area contributed by atoms with Crippen LogP contribution in [0, 0.1) is 0 Å². The van der Waals surface area contributed by atoms with Gasteiger partial charge in [0.2, 0.25) is 10.0 Å². The number of likely N-dealkylation sites (tertiary alicyclic amines) is 1. The molecule has 0 amide bonds. The van der Waals surface area contributed by atoms with Gasteiger partial charge in [0, 0.05) is 12.6 Å². The molecule has 0 aromatic carbocycles. The van der Waals surface area contributed by atoms with E-state index in [-0.39, 0.29) is 11.3 Å². The minimum absolute atomic E-state index is 0.103. The van der Waals surface area contributed by atoms with Gasteiger partial charge in [-0.3, -0.25) is 0 Å². The summed E-state index contributed by atoms with van der Waals surface area (Å²) < 4.78 is 26.1. The van der Waals surface area contributed by atoms with Gasteiger partial charge in [-0.05, 0) is 39.8 Å². The Kier molecular flexibility index (Phi) is 4.55. The fourth-order valence-electron chi connectivity index (χ4n) is 1.81. The smallest absolute Gasteiger partial charge is 0.214 e. The van der Waals surface area contributed by atoms with Crippen molar-refractivity contribution < 1.29 is 8.42 Å². The van der Waals surface area contributed by atoms with E-state index in [1.807, 2.05) is 0 Å². The van der Waals surface area contributed by atoms with E-state index in [9.17, 15) is 8.42 Å². The van der Waals surface area contributed by atoms with E-state index in [2.05, 4.69) is 16.5 Å². The molecule has 1 N–H and O–H groups in total. The van der Waals surface area contributed by atoms with E-state index in [1.54, 1.807) is 13.8 Å². The average Bonchev–Trinajstić information content (AvgIpc) is 2.17. The molecular formula is C10H22N2O2S. The second kappa shape index (κ2) is 5.27. The molecule has 1 saturated heterocycles. The largest absolute Gasteiger partial charge is 0.302 e. The summed E-state index contributed by atoms with van der Waals surface area (Å²) in [6.07, 6.45) is 2.04. The minimum Gasteiger partial charge on any atom is -0.302 e. The highest BCUT2D eigenvalue weighted by molar-refractivity contribution is 7.90. The summed E-state index contributed by atoms with van der Waals surface area (Å²) in [4.78, 5) is 2.29. The van der Waals surface area contributed by atoms with Crippen LogP contribution in [0.3, 0.4) is 0 Å². The monoisotopic (exact) mass is 234 g/mol. The van der Waals surface area contributed by atoms with Gasteiger partial charge in [-0.2, -0.15) is 0 Å². The van der Waals surface area contributed by atoms with Gasteiger partial charge in [0.05, 0.1) is 5.25 Å². The van der Waals surface area contributed by atoms with Crippen molar-refractivity contribution in [2.75, 3.05) is 19.6 Å². The van der Waals surface area contributed by atoms with Crippen molar-refractivity contribution in [3.63, 3.8) is 0 Å². The highest BCUT2D eigenvalue weighted by Gasteiger charge is 2.24. The number of piperidine rings is 1. The van der Waals surface area contributed by atoms with Gasteiger partial charge in [-0.25, -0.2) is 13.1 Å². The van der Waals surface area contributed by atoms with Gasteiger partial charge in [0.15, 0.2) is 0 Å². The zero-order chi connectivity index (χ0) is 11.5. The number of sulfonamides is 1. The van der Waals surface area contributed by atoms with Crippen molar-refractivity contribution in [1.29, 1.82) is 0 Å². The molecule has 15 heavy (non-hydrogen) atoms. The topological polar surface area (TPSA) is 49.4 Å². The van der Waals surface area contributed by atoms with E-state index < -0.39 is 10.0 Å². The van der Waals surface area contributed by atoms with Crippen LogP contribution in [0.2, 0.25) is 0 Å². The number of nitrogens with zero attached hydrogens (tertiary/aromatic N) is 1. The van der Waals surface area contributed by atoms with Gasteiger partial charge in [0.1, 0.15) is 0 Å². The van der Waals surface area contributed by atoms with E-state index >= 15 is 0 Å². The highest BCUT2D eigenvalue weighted by Crippen LogP contribution is 2.11. The van der Waals surface area contributed by atoms with Gasteiger partial charge < -0.3 is 4.90 Å². The molecule has 1 heterocycles. The third-order valence-electron chi connectivity index (χ3n) is 2.90. The first-order valence-corrected chi connectivity index (χ1v) is 7.24. The molecule has 4 nitrogen and oxygen atoms in total. The molecule has 1 unspecified atom stereocenters. The summed E-state index contributed by atoms with van der Waals surface area (Å²) >= 11 is 0. The molecule has 0 saturated carbocycles. The predicted octanol–water partition coefficient (Wildman–Crippen LogP) is 0.798. The lowest BCUT2D eigenvalue weighted by atomic mass is 10.1. The Balaban J connectivity index is 2.52. The second-order valence-electron chi connectivity index (χ2n) is 4.44. The number of hydrogen-bond donors (Lipinski definition) is 1. The van der Waals surface area contributed by atoms with Crippen molar-refractivity contribution in [1.82, 2.24) is 9.62 Å². The van der Waals surface area contributed by atoms with Gasteiger partial charge in [-0.1, -0.05) is 6.92 Å². The lowest BCUT2D eigenvalue weighted by Crippen LogP contribution is -2.49. The molecule has 0 aromatic heterocycles. The quantitative estimate of drug-likeness (QED) is 0.783. The van der Waals surface area contributed by atoms with Gasteiger partial charge >= 0.3 is 0 Å². The van der Waals surface area contributed by atoms with Crippen molar-refractivity contribution in [3.8, 4) is 0 Å². The standard InChI is InChI=1S/C10H22N2O2S/c1-4-12-7-5-6-10(8-12)11-15(13,14)9(2)3/h9-11H,4-8H2,1-3H3. The third kappa shape index (κ3) is 3.74. The molecule has 5 heteroatoms. The molecular weight excluding hydrogens is 212 g/mol. The average molecular weight is 234 g/mol. The molecule has 1 rings (SSSR count). The van der Waals surface area contributed by atoms with Crippen LogP contribution in [-0.2, 0) is 10.0 Å². The summed E-state index contributed by atoms with van der Waals surface area (Å²) in [6.45, 7) is 8.48. The summed E-state index contributed by atoms with van der Waals surface area (Å²) in [7, 11) is -3.11. The fourth-order valence-corrected chi connectivity index (χ4v) is 2.74. The maximum atomic E-state index is 11.7. The first-order valence-electron chi connectivity index (χ1n) is 5.69. The van der Waals surface area contributed by atoms with E-state index in [4.69, 9.17) is 0 Å². The maximum absolute atomic E-state index is 11.7. The summed E-state index contributed by atoms with van der Waals surface area (Å²) in [5, 5.41) is -0.338. The summed E-state index contributed by atoms with van der Waals surface area (Å²) in [5.41, 5.74) is 0. The number of nitrogens with one attached hydrogen (secondary N) is 1. The number of hydrogen-bond acceptors (Lipinski definition) is 3. The van der Waals surface area contributed by atoms with Gasteiger partial charge in [0.25, 0.3) is 0 Å². The lowest BCUT2D eigenvalue weighted by molar-refractivity contribution is 0.211. The number of rotatable bonds is 4. The van der Waals surface area contributed by atoms with Crippen LogP contribution in [0.1, 0.15) is 33.6 Å². The third-order valence-corrected chi connectivity index (χ3v) is 4.81. The number of likely N-dealkylation sites (N-methyl/N-ethyl adjacent to an activating group) is 1. The Bertz CT molecular complexity index is 288. The van der Waals surface area contributed by atoms with Crippen LogP contribution >= 0.6 is 0 Å². The first kappa shape index (κ1) is 12.9. The molecule has 0 bridgehead atoms. The Morgan fingerprint density at radius 3 is 2.67 bits per heavy atom. The van der Waals surface area contributed by atoms with Crippen molar-refractivity contribution in [2.45, 2.75) is 44.9 Å². The molecule has 1 aliphatic rings. The molecule has 0 aliphatic carbocycles. The van der Waals surface area contributed by atoms with Gasteiger partial charge in [-0.15, -0.1) is 0 Å². The molecule has 1 aliphatic heterocycles. The Labute approximate surface area is 93.1 Å². The normalized spacial score (nSPS) is 24.7. The molecule has 90 valence electrons. The molecule has 0 radical (unpaired) electrons. The van der Waals surface area contributed by atoms with Crippen molar-refractivity contribution in [2.24, 2.45) is 0 Å². The van der Waals surface area contributed by atoms with Crippen molar-refractivity contribution >= 4 is 10.0 Å². The first-order chi connectivity index (χ1) is 6.95. The highest BCUT2D eigenvalue weighted by atomic mass is 32.2. The van der Waals surface area contributed by atoms with Crippen LogP contribution < -0.4 is 4.72 Å². The second-order valence-corrected chi connectivity index (χ2v) is 6.71. The minimum atomic E-state index is -3.11. The summed E-state index contributed by atoms with van der Waals surface area (Å²) in [5.74, 6) is 0. The zero-order valence-corrected chi connectivity index (χ0v) is 10.7. The van der Waals surface area contributed by atoms with Crippen LogP contribution in [0.5, 0.6) is 0 Å². The zero-order valence-electron chi connectivity index (χ0n) is 9.86. The predicted molar refractivity (Wildman–Crippen MR) is 62.3 cm³/mol. The Morgan fingerprint density at radius 1 is 1.47 bits per heavy atom. The van der Waals surface area contributed by atoms with Crippen molar-refractivity contribution in [3.05, 3.63) is 0 Å². The molecule has 1 atom stereocenters. The van der Waals surface area contributed by atoms with Crippen LogP contribution in [-0.4, -0.2) is 44.2 Å². The molecule has 0 aromatic rings. The Morgan fingerprint density at radius 2 is 2.13 bits per heavy atom. The van der Waals surface area contributed by atoms with E-state index in [0.29, 0.717) is 0 Å². The Hall–Kier alpha value is -0.130. The lowest BCUT2D eigenvalue weighted by Gasteiger charge is -2.32. The van der Waals surface area contributed by atoms with Crippen LogP contribution in [0.15, 0.2) is 0 Å². The maximum Gasteiger partial charge on any atom is 0.214 e. The summed E-state index contributed by atoms with van der Waals surface area (Å²) in [6, 6.07) is 0.103. The molecule has 1 fully saturated rings. The van der Waals surface area contributed by atoms with E-state index in [1.165, 1.54) is 0 Å². The van der Waals surface area contributed by atoms with E-state index in [0.717, 1.165) is 32.5 Å². The fraction of sp³-hybridized carbons (Fsp3) is 1.00. The SMILES string of the molecule is CCN1CCCC(NS(=O)(=O)C(C)C)C1. The van der Waals surface area contributed by atoms with Crippen LogP contribution in [0.25, 0.3) is 0 Å².